The second kappa shape index (κ2) is 6.56. The van der Waals surface area contributed by atoms with Crippen LogP contribution in [-0.4, -0.2) is 23.7 Å². The molecule has 2 aromatic rings. The second-order valence-corrected chi connectivity index (χ2v) is 5.26. The quantitative estimate of drug-likeness (QED) is 0.910. The number of rotatable bonds is 5. The number of nitrogens with zero attached hydrogens (tertiary/aromatic N) is 1. The molecule has 1 amide bonds. The third kappa shape index (κ3) is 3.84. The molecular formula is C14H15BrN2O3. The Balaban J connectivity index is 1.85. The summed E-state index contributed by atoms with van der Waals surface area (Å²) < 4.78 is 11.5. The summed E-state index contributed by atoms with van der Waals surface area (Å²) in [5, 5.41) is 6.41. The van der Waals surface area contributed by atoms with Crippen LogP contribution in [0, 0.1) is 6.92 Å². The second-order valence-electron chi connectivity index (χ2n) is 4.40. The lowest BCUT2D eigenvalue weighted by Crippen LogP contribution is -2.33. The van der Waals surface area contributed by atoms with Gasteiger partial charge in [0.1, 0.15) is 11.9 Å². The number of hydrogen-bond acceptors (Lipinski definition) is 4. The van der Waals surface area contributed by atoms with Crippen LogP contribution in [-0.2, 0) is 0 Å². The van der Waals surface area contributed by atoms with Crippen LogP contribution in [0.15, 0.2) is 39.3 Å². The molecule has 1 aromatic carbocycles. The molecule has 2 rings (SSSR count). The molecule has 0 aliphatic carbocycles. The summed E-state index contributed by atoms with van der Waals surface area (Å²) in [5.41, 5.74) is 0.674. The minimum absolute atomic E-state index is 0.165. The zero-order valence-corrected chi connectivity index (χ0v) is 12.8. The summed E-state index contributed by atoms with van der Waals surface area (Å²) in [7, 11) is 0. The lowest BCUT2D eigenvalue weighted by Gasteiger charge is -2.15. The molecule has 1 atom stereocenters. The van der Waals surface area contributed by atoms with E-state index < -0.39 is 0 Å². The molecule has 1 N–H and O–H groups in total. The van der Waals surface area contributed by atoms with Crippen LogP contribution in [0.2, 0.25) is 0 Å². The molecule has 1 aromatic heterocycles. The number of aromatic nitrogens is 1. The number of halogens is 1. The summed E-state index contributed by atoms with van der Waals surface area (Å²) in [6.07, 6.45) is -0.165. The predicted molar refractivity (Wildman–Crippen MR) is 77.8 cm³/mol. The Morgan fingerprint density at radius 3 is 2.90 bits per heavy atom. The maximum Gasteiger partial charge on any atom is 0.290 e. The molecule has 5 nitrogen and oxygen atoms in total. The number of carbonyl (C=O) groups excluding carboxylic acids is 1. The van der Waals surface area contributed by atoms with Gasteiger partial charge < -0.3 is 14.6 Å². The molecule has 0 aliphatic heterocycles. The van der Waals surface area contributed by atoms with E-state index in [1.54, 1.807) is 13.0 Å². The maximum absolute atomic E-state index is 11.8. The van der Waals surface area contributed by atoms with Gasteiger partial charge in [0, 0.05) is 6.07 Å². The number of para-hydroxylation sites is 1. The van der Waals surface area contributed by atoms with Crippen molar-refractivity contribution in [1.82, 2.24) is 10.5 Å². The van der Waals surface area contributed by atoms with Crippen LogP contribution < -0.4 is 10.1 Å². The van der Waals surface area contributed by atoms with Crippen molar-refractivity contribution >= 4 is 21.8 Å². The van der Waals surface area contributed by atoms with Crippen LogP contribution in [0.25, 0.3) is 0 Å². The average molecular weight is 339 g/mol. The highest BCUT2D eigenvalue weighted by Gasteiger charge is 2.13. The van der Waals surface area contributed by atoms with E-state index in [2.05, 4.69) is 26.4 Å². The molecule has 6 heteroatoms. The molecule has 0 bridgehead atoms. The van der Waals surface area contributed by atoms with Gasteiger partial charge in [-0.25, -0.2) is 0 Å². The molecule has 0 spiro atoms. The molecular weight excluding hydrogens is 324 g/mol. The van der Waals surface area contributed by atoms with Gasteiger partial charge in [0.25, 0.3) is 5.91 Å². The molecule has 0 radical (unpaired) electrons. The highest BCUT2D eigenvalue weighted by Crippen LogP contribution is 2.24. The van der Waals surface area contributed by atoms with Gasteiger partial charge in [0.15, 0.2) is 0 Å². The van der Waals surface area contributed by atoms with E-state index in [-0.39, 0.29) is 17.8 Å². The van der Waals surface area contributed by atoms with Gasteiger partial charge in [-0.2, -0.15) is 0 Å². The number of benzene rings is 1. The fourth-order valence-electron chi connectivity index (χ4n) is 1.59. The molecule has 0 unspecified atom stereocenters. The lowest BCUT2D eigenvalue weighted by molar-refractivity contribution is 0.0895. The van der Waals surface area contributed by atoms with E-state index in [4.69, 9.17) is 9.26 Å². The van der Waals surface area contributed by atoms with Crippen molar-refractivity contribution in [3.8, 4) is 5.75 Å². The SMILES string of the molecule is Cc1cc(C(=O)NC[C@@H](C)Oc2ccccc2Br)on1. The van der Waals surface area contributed by atoms with Gasteiger partial charge in [0.2, 0.25) is 5.76 Å². The van der Waals surface area contributed by atoms with Crippen LogP contribution in [0.3, 0.4) is 0 Å². The Hall–Kier alpha value is -1.82. The minimum atomic E-state index is -0.298. The normalized spacial score (nSPS) is 11.9. The number of amides is 1. The summed E-state index contributed by atoms with van der Waals surface area (Å²) in [6.45, 7) is 4.02. The fraction of sp³-hybridized carbons (Fsp3) is 0.286. The minimum Gasteiger partial charge on any atom is -0.488 e. The zero-order chi connectivity index (χ0) is 14.5. The van der Waals surface area contributed by atoms with Crippen LogP contribution in [0.5, 0.6) is 5.75 Å². The number of nitrogens with one attached hydrogen (secondary N) is 1. The van der Waals surface area contributed by atoms with Crippen LogP contribution >= 0.6 is 15.9 Å². The monoisotopic (exact) mass is 338 g/mol. The number of hydrogen-bond donors (Lipinski definition) is 1. The van der Waals surface area contributed by atoms with Gasteiger partial charge in [0.05, 0.1) is 16.7 Å². The van der Waals surface area contributed by atoms with Crippen LogP contribution in [0.1, 0.15) is 23.2 Å². The Labute approximate surface area is 125 Å². The third-order valence-corrected chi connectivity index (χ3v) is 3.22. The first-order chi connectivity index (χ1) is 9.56. The largest absolute Gasteiger partial charge is 0.488 e. The number of ether oxygens (including phenoxy) is 1. The average Bonchev–Trinajstić information content (AvgIpc) is 2.85. The number of carbonyl (C=O) groups is 1. The van der Waals surface area contributed by atoms with Gasteiger partial charge in [-0.3, -0.25) is 4.79 Å². The first kappa shape index (κ1) is 14.6. The van der Waals surface area contributed by atoms with Crippen molar-refractivity contribution in [2.24, 2.45) is 0 Å². The van der Waals surface area contributed by atoms with E-state index in [1.165, 1.54) is 0 Å². The van der Waals surface area contributed by atoms with Gasteiger partial charge in [-0.15, -0.1) is 0 Å². The van der Waals surface area contributed by atoms with Crippen LogP contribution in [0.4, 0.5) is 0 Å². The molecule has 0 saturated heterocycles. The molecule has 20 heavy (non-hydrogen) atoms. The van der Waals surface area contributed by atoms with Crippen molar-refractivity contribution in [2.45, 2.75) is 20.0 Å². The first-order valence-corrected chi connectivity index (χ1v) is 6.98. The smallest absolute Gasteiger partial charge is 0.290 e. The molecule has 0 saturated carbocycles. The van der Waals surface area contributed by atoms with E-state index in [0.717, 1.165) is 10.2 Å². The molecule has 0 fully saturated rings. The van der Waals surface area contributed by atoms with Gasteiger partial charge in [-0.1, -0.05) is 17.3 Å². The zero-order valence-electron chi connectivity index (χ0n) is 11.2. The number of aryl methyl sites for hydroxylation is 1. The first-order valence-electron chi connectivity index (χ1n) is 6.19. The maximum atomic E-state index is 11.8. The van der Waals surface area contributed by atoms with Gasteiger partial charge in [-0.05, 0) is 41.9 Å². The Morgan fingerprint density at radius 2 is 2.25 bits per heavy atom. The molecule has 106 valence electrons. The summed E-state index contributed by atoms with van der Waals surface area (Å²) in [6, 6.07) is 9.16. The standard InChI is InChI=1S/C14H15BrN2O3/c1-9-7-13(20-17-9)14(18)16-8-10(2)19-12-6-4-3-5-11(12)15/h3-7,10H,8H2,1-2H3,(H,16,18)/t10-/m1/s1. The van der Waals surface area contributed by atoms with E-state index in [0.29, 0.717) is 12.2 Å². The van der Waals surface area contributed by atoms with Crippen molar-refractivity contribution < 1.29 is 14.1 Å². The molecule has 1 heterocycles. The summed E-state index contributed by atoms with van der Waals surface area (Å²) in [4.78, 5) is 11.8. The van der Waals surface area contributed by atoms with E-state index in [9.17, 15) is 4.79 Å². The third-order valence-electron chi connectivity index (χ3n) is 2.57. The van der Waals surface area contributed by atoms with E-state index in [1.807, 2.05) is 31.2 Å². The fourth-order valence-corrected chi connectivity index (χ4v) is 1.97. The van der Waals surface area contributed by atoms with Crippen molar-refractivity contribution in [3.63, 3.8) is 0 Å². The lowest BCUT2D eigenvalue weighted by atomic mass is 10.3. The Kier molecular flexibility index (Phi) is 4.79. The van der Waals surface area contributed by atoms with E-state index >= 15 is 0 Å². The topological polar surface area (TPSA) is 64.4 Å². The highest BCUT2D eigenvalue weighted by atomic mass is 79.9. The van der Waals surface area contributed by atoms with Crippen molar-refractivity contribution in [1.29, 1.82) is 0 Å². The highest BCUT2D eigenvalue weighted by molar-refractivity contribution is 9.10. The predicted octanol–water partition coefficient (Wildman–Crippen LogP) is 2.94. The van der Waals surface area contributed by atoms with Crippen molar-refractivity contribution in [2.75, 3.05) is 6.54 Å². The Bertz CT molecular complexity index is 598. The molecule has 0 aliphatic rings. The van der Waals surface area contributed by atoms with Gasteiger partial charge >= 0.3 is 0 Å². The summed E-state index contributed by atoms with van der Waals surface area (Å²) in [5.74, 6) is 0.647. The van der Waals surface area contributed by atoms with Crippen molar-refractivity contribution in [3.05, 3.63) is 46.3 Å². The Morgan fingerprint density at radius 1 is 1.50 bits per heavy atom. The summed E-state index contributed by atoms with van der Waals surface area (Å²) >= 11 is 3.41.